The number of aliphatic hydroxyl groups excluding tert-OH is 3. The van der Waals surface area contributed by atoms with Gasteiger partial charge in [0, 0.05) is 12.5 Å². The van der Waals surface area contributed by atoms with Gasteiger partial charge in [-0.05, 0) is 47.1 Å². The molecule has 0 saturated carbocycles. The van der Waals surface area contributed by atoms with Gasteiger partial charge in [-0.2, -0.15) is 4.98 Å². The fraction of sp³-hybridized carbons (Fsp3) is 0.333. The van der Waals surface area contributed by atoms with E-state index >= 15 is 0 Å². The lowest BCUT2D eigenvalue weighted by Gasteiger charge is -2.35. The second kappa shape index (κ2) is 16.3. The van der Waals surface area contributed by atoms with Crippen LogP contribution in [-0.2, 0) is 31.3 Å². The van der Waals surface area contributed by atoms with Crippen molar-refractivity contribution in [3.05, 3.63) is 112 Å². The van der Waals surface area contributed by atoms with Crippen LogP contribution in [0.25, 0.3) is 22.3 Å². The summed E-state index contributed by atoms with van der Waals surface area (Å²) < 4.78 is 18.0. The third-order valence-electron chi connectivity index (χ3n) is 10.1. The van der Waals surface area contributed by atoms with E-state index in [0.717, 1.165) is 38.7 Å². The number of alkyl carbamates (subject to hydrolysis) is 2. The maximum atomic E-state index is 14.9. The molecule has 17 heteroatoms. The first-order valence-electron chi connectivity index (χ1n) is 18.1. The maximum Gasteiger partial charge on any atom is 0.407 e. The summed E-state index contributed by atoms with van der Waals surface area (Å²) >= 11 is 0. The number of nitrogens with two attached hydrogens (primary N) is 1. The van der Waals surface area contributed by atoms with Gasteiger partial charge in [0.25, 0.3) is 5.56 Å². The fourth-order valence-electron chi connectivity index (χ4n) is 7.38. The second-order valence-corrected chi connectivity index (χ2v) is 13.6. The number of fused-ring (bicyclic) bond motifs is 4. The van der Waals surface area contributed by atoms with Crippen LogP contribution in [0.5, 0.6) is 0 Å². The van der Waals surface area contributed by atoms with Gasteiger partial charge in [0.15, 0.2) is 11.2 Å². The van der Waals surface area contributed by atoms with Crippen LogP contribution in [0.1, 0.15) is 41.9 Å². The van der Waals surface area contributed by atoms with Crippen molar-refractivity contribution in [3.63, 3.8) is 0 Å². The van der Waals surface area contributed by atoms with Crippen LogP contribution in [-0.4, -0.2) is 96.9 Å². The molecule has 0 radical (unpaired) electrons. The molecule has 1 aliphatic carbocycles. The smallest absolute Gasteiger partial charge is 0.407 e. The first-order valence-corrected chi connectivity index (χ1v) is 18.1. The van der Waals surface area contributed by atoms with Crippen LogP contribution >= 0.6 is 0 Å². The number of benzene rings is 3. The van der Waals surface area contributed by atoms with Gasteiger partial charge in [-0.15, -0.1) is 0 Å². The Morgan fingerprint density at radius 1 is 0.946 bits per heavy atom. The summed E-state index contributed by atoms with van der Waals surface area (Å²) in [5, 5.41) is 37.9. The van der Waals surface area contributed by atoms with Crippen LogP contribution in [0.4, 0.5) is 15.5 Å². The van der Waals surface area contributed by atoms with Gasteiger partial charge < -0.3 is 45.9 Å². The molecular formula is C39H41N7O10. The van der Waals surface area contributed by atoms with Gasteiger partial charge in [-0.1, -0.05) is 78.9 Å². The van der Waals surface area contributed by atoms with Crippen molar-refractivity contribution in [2.24, 2.45) is 0 Å². The minimum absolute atomic E-state index is 0.0652. The number of imidazole rings is 1. The minimum Gasteiger partial charge on any atom is -0.449 e. The highest BCUT2D eigenvalue weighted by Gasteiger charge is 2.62. The monoisotopic (exact) mass is 767 g/mol. The molecule has 5 atom stereocenters. The van der Waals surface area contributed by atoms with Gasteiger partial charge in [0.05, 0.1) is 12.6 Å². The van der Waals surface area contributed by atoms with Crippen molar-refractivity contribution in [1.82, 2.24) is 30.2 Å². The number of aromatic amines is 1. The van der Waals surface area contributed by atoms with Crippen LogP contribution in [0.15, 0.2) is 90.0 Å². The number of Topliss-reactive ketones (excluding diaryl/α,β-unsaturated/α-hetero) is 1. The number of nitrogens with one attached hydrogen (secondary N) is 3. The van der Waals surface area contributed by atoms with Gasteiger partial charge in [0.1, 0.15) is 37.9 Å². The number of rotatable bonds is 14. The first kappa shape index (κ1) is 38.1. The molecule has 2 amide bonds. The number of ketones is 1. The summed E-state index contributed by atoms with van der Waals surface area (Å²) in [6, 6.07) is 23.3. The van der Waals surface area contributed by atoms with Crippen molar-refractivity contribution in [1.29, 1.82) is 0 Å². The number of aromatic nitrogens is 4. The number of unbranched alkanes of at least 4 members (excludes halogenated alkanes) is 1. The van der Waals surface area contributed by atoms with E-state index in [4.69, 9.17) is 19.9 Å². The summed E-state index contributed by atoms with van der Waals surface area (Å²) in [6.07, 6.45) is -5.36. The Morgan fingerprint density at radius 2 is 1.62 bits per heavy atom. The maximum absolute atomic E-state index is 14.9. The molecule has 0 spiro atoms. The molecule has 2 aliphatic rings. The van der Waals surface area contributed by atoms with Crippen LogP contribution in [0.2, 0.25) is 0 Å². The Hall–Kier alpha value is -6.14. The molecule has 1 fully saturated rings. The summed E-state index contributed by atoms with van der Waals surface area (Å²) in [6.45, 7) is -0.628. The van der Waals surface area contributed by atoms with E-state index in [-0.39, 0.29) is 55.6 Å². The van der Waals surface area contributed by atoms with Gasteiger partial charge in [0.2, 0.25) is 17.5 Å². The normalized spacial score (nSPS) is 20.6. The topological polar surface area (TPSA) is 253 Å². The van der Waals surface area contributed by atoms with E-state index in [0.29, 0.717) is 6.42 Å². The quantitative estimate of drug-likeness (QED) is 0.0800. The Morgan fingerprint density at radius 3 is 2.30 bits per heavy atom. The number of carbonyl (C=O) groups is 3. The van der Waals surface area contributed by atoms with E-state index in [9.17, 15) is 34.5 Å². The lowest BCUT2D eigenvalue weighted by molar-refractivity contribution is -0.176. The molecule has 1 aliphatic heterocycles. The SMILES string of the molecule is Nc1nc2c(ncn2[C@]2(C(=O)[C@H](CCCCNC(=O)OCc3ccccc3)NC(=O)OCC3c4ccccc4-c4ccccc43)O[C@H](CO)[C@@H](O)[C@H]2O)c(=O)[nH]1. The molecule has 1 saturated heterocycles. The van der Waals surface area contributed by atoms with Crippen molar-refractivity contribution in [3.8, 4) is 11.1 Å². The third kappa shape index (κ3) is 7.32. The van der Waals surface area contributed by atoms with Crippen molar-refractivity contribution < 1.29 is 43.9 Å². The zero-order chi connectivity index (χ0) is 39.4. The van der Waals surface area contributed by atoms with Gasteiger partial charge in [-0.25, -0.2) is 14.6 Å². The van der Waals surface area contributed by atoms with E-state index in [1.807, 2.05) is 78.9 Å². The second-order valence-electron chi connectivity index (χ2n) is 13.6. The zero-order valence-corrected chi connectivity index (χ0v) is 30.0. The largest absolute Gasteiger partial charge is 0.449 e. The fourth-order valence-corrected chi connectivity index (χ4v) is 7.38. The molecular weight excluding hydrogens is 726 g/mol. The minimum atomic E-state index is -2.56. The number of H-pyrrole nitrogens is 1. The van der Waals surface area contributed by atoms with E-state index in [1.54, 1.807) is 0 Å². The molecule has 56 heavy (non-hydrogen) atoms. The molecule has 0 unspecified atom stereocenters. The summed E-state index contributed by atoms with van der Waals surface area (Å²) in [5.74, 6) is -1.58. The van der Waals surface area contributed by atoms with E-state index in [1.165, 1.54) is 0 Å². The lowest BCUT2D eigenvalue weighted by Crippen LogP contribution is -2.59. The van der Waals surface area contributed by atoms with Crippen molar-refractivity contribution >= 4 is 35.1 Å². The number of amides is 2. The molecule has 2 aromatic heterocycles. The summed E-state index contributed by atoms with van der Waals surface area (Å²) in [4.78, 5) is 64.0. The molecule has 7 rings (SSSR count). The number of aliphatic hydroxyl groups is 3. The van der Waals surface area contributed by atoms with Gasteiger partial charge in [-0.3, -0.25) is 19.1 Å². The first-order chi connectivity index (χ1) is 27.1. The average Bonchev–Trinajstić information content (AvgIpc) is 3.86. The molecule has 0 bridgehead atoms. The van der Waals surface area contributed by atoms with Crippen molar-refractivity contribution in [2.45, 2.75) is 61.9 Å². The van der Waals surface area contributed by atoms with Crippen LogP contribution in [0, 0.1) is 0 Å². The number of nitrogen functional groups attached to an aromatic ring is 1. The Bertz CT molecular complexity index is 2240. The van der Waals surface area contributed by atoms with Crippen LogP contribution < -0.4 is 21.9 Å². The highest BCUT2D eigenvalue weighted by molar-refractivity contribution is 5.94. The number of hydrogen-bond donors (Lipinski definition) is 7. The third-order valence-corrected chi connectivity index (χ3v) is 10.1. The van der Waals surface area contributed by atoms with Gasteiger partial charge >= 0.3 is 12.2 Å². The predicted octanol–water partition coefficient (Wildman–Crippen LogP) is 2.04. The van der Waals surface area contributed by atoms with Crippen LogP contribution in [0.3, 0.4) is 0 Å². The number of hydrogen-bond acceptors (Lipinski definition) is 13. The molecule has 5 aromatic rings. The molecule has 3 heterocycles. The van der Waals surface area contributed by atoms with E-state index < -0.39 is 60.2 Å². The zero-order valence-electron chi connectivity index (χ0n) is 30.0. The lowest BCUT2D eigenvalue weighted by atomic mass is 9.91. The van der Waals surface area contributed by atoms with Crippen molar-refractivity contribution in [2.75, 3.05) is 25.5 Å². The molecule has 292 valence electrons. The predicted molar refractivity (Wildman–Crippen MR) is 200 cm³/mol. The number of anilines is 1. The highest BCUT2D eigenvalue weighted by atomic mass is 16.6. The molecule has 3 aromatic carbocycles. The van der Waals surface area contributed by atoms with E-state index in [2.05, 4.69) is 25.6 Å². The highest BCUT2D eigenvalue weighted by Crippen LogP contribution is 2.44. The Labute approximate surface area is 319 Å². The molecule has 8 N–H and O–H groups in total. The Balaban J connectivity index is 1.12. The molecule has 17 nitrogen and oxygen atoms in total. The summed E-state index contributed by atoms with van der Waals surface area (Å²) in [7, 11) is 0. The number of ether oxygens (including phenoxy) is 3. The number of carbonyl (C=O) groups excluding carboxylic acids is 3. The summed E-state index contributed by atoms with van der Waals surface area (Å²) in [5.41, 5.74) is 6.81. The standard InChI is InChI=1S/C39H41N7O10/c40-36-44-34-30(35(51)45-36)42-21-46(34)39(33(50)31(48)29(18-47)56-39)32(49)28(16-8-9-17-41-37(52)54-19-22-10-2-1-3-11-22)43-38(53)55-20-27-25-14-6-4-12-23(25)24-13-5-7-15-26(24)27/h1-7,10-15,21,27-29,31,33,47-48,50H,8-9,16-20H2,(H,41,52)(H,43,53)(H3,40,44,45,51)/t28-,29+,31+,33+,39+/m0/s1. The number of nitrogens with zero attached hydrogens (tertiary/aromatic N) is 3. The Kier molecular flexibility index (Phi) is 11.1. The average molecular weight is 768 g/mol.